The number of aliphatic imine (C=N–C) groups is 1. The van der Waals surface area contributed by atoms with Gasteiger partial charge in [-0.15, -0.1) is 0 Å². The summed E-state index contributed by atoms with van der Waals surface area (Å²) in [6, 6.07) is 5.45. The average Bonchev–Trinajstić information content (AvgIpc) is 3.05. The van der Waals surface area contributed by atoms with Crippen LogP contribution < -0.4 is 4.52 Å². The smallest absolute Gasteiger partial charge is 0.403 e. The van der Waals surface area contributed by atoms with Crippen molar-refractivity contribution < 1.29 is 22.9 Å². The number of aryl methyl sites for hydroxylation is 1. The van der Waals surface area contributed by atoms with Crippen LogP contribution in [-0.4, -0.2) is 35.7 Å². The Kier molecular flexibility index (Phi) is 7.58. The molecule has 0 N–H and O–H groups in total. The van der Waals surface area contributed by atoms with Crippen LogP contribution in [0.2, 0.25) is 0 Å². The molecule has 30 heavy (non-hydrogen) atoms. The molecule has 162 valence electrons. The van der Waals surface area contributed by atoms with Crippen LogP contribution in [0.25, 0.3) is 6.08 Å². The minimum Gasteiger partial charge on any atom is -0.403 e. The van der Waals surface area contributed by atoms with Crippen LogP contribution in [0.4, 0.5) is 0 Å². The van der Waals surface area contributed by atoms with E-state index < -0.39 is 7.82 Å². The van der Waals surface area contributed by atoms with Gasteiger partial charge in [0.2, 0.25) is 0 Å². The van der Waals surface area contributed by atoms with Crippen molar-refractivity contribution >= 4 is 36.7 Å². The van der Waals surface area contributed by atoms with Crippen LogP contribution in [0, 0.1) is 6.92 Å². The summed E-state index contributed by atoms with van der Waals surface area (Å²) in [7, 11) is -3.76. The Morgan fingerprint density at radius 3 is 2.67 bits per heavy atom. The SMILES string of the molecule is C=C1CCCCN1C1=NC(=O)/C(=C/c2ccc(C)cc2OP(=O)(OCC)OCC)S1. The lowest BCUT2D eigenvalue weighted by Crippen LogP contribution is -2.30. The lowest BCUT2D eigenvalue weighted by Gasteiger charge is -2.29. The molecule has 0 spiro atoms. The van der Waals surface area contributed by atoms with Gasteiger partial charge in [0.1, 0.15) is 5.75 Å². The maximum absolute atomic E-state index is 12.8. The largest absolute Gasteiger partial charge is 0.530 e. The van der Waals surface area contributed by atoms with Crippen molar-refractivity contribution in [2.24, 2.45) is 4.99 Å². The van der Waals surface area contributed by atoms with E-state index in [1.807, 2.05) is 24.0 Å². The van der Waals surface area contributed by atoms with Gasteiger partial charge in [-0.1, -0.05) is 18.7 Å². The van der Waals surface area contributed by atoms with Crippen molar-refractivity contribution in [2.45, 2.75) is 40.0 Å². The third kappa shape index (κ3) is 5.43. The van der Waals surface area contributed by atoms with Gasteiger partial charge in [0.25, 0.3) is 5.91 Å². The highest BCUT2D eigenvalue weighted by molar-refractivity contribution is 8.18. The van der Waals surface area contributed by atoms with Crippen molar-refractivity contribution in [3.63, 3.8) is 0 Å². The molecule has 1 saturated heterocycles. The minimum absolute atomic E-state index is 0.185. The fraction of sp³-hybridized carbons (Fsp3) is 0.429. The monoisotopic (exact) mass is 450 g/mol. The summed E-state index contributed by atoms with van der Waals surface area (Å²) in [5.74, 6) is 0.0228. The minimum atomic E-state index is -3.76. The zero-order chi connectivity index (χ0) is 21.7. The number of amides is 1. The van der Waals surface area contributed by atoms with Gasteiger partial charge in [-0.25, -0.2) is 4.57 Å². The average molecular weight is 450 g/mol. The van der Waals surface area contributed by atoms with Crippen molar-refractivity contribution in [1.29, 1.82) is 0 Å². The van der Waals surface area contributed by atoms with Crippen molar-refractivity contribution in [1.82, 2.24) is 4.90 Å². The Labute approximate surface area is 181 Å². The summed E-state index contributed by atoms with van der Waals surface area (Å²) in [4.78, 5) is 19.2. The highest BCUT2D eigenvalue weighted by Gasteiger charge is 2.31. The number of carbonyl (C=O) groups excluding carboxylic acids is 1. The van der Waals surface area contributed by atoms with E-state index in [9.17, 15) is 9.36 Å². The summed E-state index contributed by atoms with van der Waals surface area (Å²) in [5.41, 5.74) is 2.50. The second-order valence-corrected chi connectivity index (χ2v) is 9.50. The molecule has 2 heterocycles. The molecule has 1 aromatic carbocycles. The fourth-order valence-electron chi connectivity index (χ4n) is 3.14. The topological polar surface area (TPSA) is 77.4 Å². The molecular formula is C21H27N2O5PS. The predicted octanol–water partition coefficient (Wildman–Crippen LogP) is 5.52. The summed E-state index contributed by atoms with van der Waals surface area (Å²) in [6.45, 7) is 10.6. The van der Waals surface area contributed by atoms with Crippen LogP contribution in [0.15, 0.2) is 40.4 Å². The molecule has 0 unspecified atom stereocenters. The lowest BCUT2D eigenvalue weighted by molar-refractivity contribution is -0.113. The first-order valence-corrected chi connectivity index (χ1v) is 12.3. The molecule has 2 aliphatic rings. The number of carbonyl (C=O) groups is 1. The first-order valence-electron chi connectivity index (χ1n) is 10.0. The number of phosphoric ester groups is 1. The molecule has 2 aliphatic heterocycles. The Bertz CT molecular complexity index is 933. The molecule has 0 atom stereocenters. The van der Waals surface area contributed by atoms with Crippen LogP contribution in [0.3, 0.4) is 0 Å². The number of phosphoric acid groups is 1. The van der Waals surface area contributed by atoms with E-state index in [1.54, 1.807) is 26.0 Å². The number of thioether (sulfide) groups is 1. The van der Waals surface area contributed by atoms with Gasteiger partial charge in [-0.3, -0.25) is 13.8 Å². The van der Waals surface area contributed by atoms with Gasteiger partial charge in [0.15, 0.2) is 5.17 Å². The highest BCUT2D eigenvalue weighted by atomic mass is 32.2. The summed E-state index contributed by atoms with van der Waals surface area (Å²) < 4.78 is 29.0. The van der Waals surface area contributed by atoms with Crippen LogP contribution >= 0.6 is 19.6 Å². The van der Waals surface area contributed by atoms with Gasteiger partial charge in [0.05, 0.1) is 18.1 Å². The molecule has 1 fully saturated rings. The van der Waals surface area contributed by atoms with Crippen molar-refractivity contribution in [3.8, 4) is 5.75 Å². The maximum Gasteiger partial charge on any atom is 0.530 e. The normalized spacial score (nSPS) is 18.8. The van der Waals surface area contributed by atoms with E-state index in [2.05, 4.69) is 11.6 Å². The number of benzene rings is 1. The number of allylic oxidation sites excluding steroid dienone is 1. The first kappa shape index (κ1) is 22.8. The second-order valence-electron chi connectivity index (χ2n) is 6.90. The molecular weight excluding hydrogens is 423 g/mol. The van der Waals surface area contributed by atoms with Crippen LogP contribution in [0.5, 0.6) is 5.75 Å². The molecule has 0 aromatic heterocycles. The Balaban J connectivity index is 1.86. The number of likely N-dealkylation sites (tertiary alicyclic amines) is 1. The number of amidine groups is 1. The van der Waals surface area contributed by atoms with Gasteiger partial charge in [-0.2, -0.15) is 4.99 Å². The van der Waals surface area contributed by atoms with E-state index in [0.29, 0.717) is 21.4 Å². The molecule has 0 saturated carbocycles. The number of rotatable bonds is 7. The zero-order valence-electron chi connectivity index (χ0n) is 17.6. The van der Waals surface area contributed by atoms with Gasteiger partial charge >= 0.3 is 7.82 Å². The number of nitrogens with zero attached hydrogens (tertiary/aromatic N) is 2. The van der Waals surface area contributed by atoms with Crippen molar-refractivity contribution in [2.75, 3.05) is 19.8 Å². The summed E-state index contributed by atoms with van der Waals surface area (Å²) >= 11 is 1.31. The molecule has 1 amide bonds. The van der Waals surface area contributed by atoms with Crippen LogP contribution in [-0.2, 0) is 18.4 Å². The molecule has 0 aliphatic carbocycles. The van der Waals surface area contributed by atoms with E-state index in [1.165, 1.54) is 11.8 Å². The predicted molar refractivity (Wildman–Crippen MR) is 120 cm³/mol. The Hall–Kier alpha value is -1.86. The number of hydrogen-bond donors (Lipinski definition) is 0. The van der Waals surface area contributed by atoms with Gasteiger partial charge in [0, 0.05) is 17.8 Å². The standard InChI is InChI=1S/C21H27N2O5PS/c1-5-26-29(25,27-6-2)28-18-13-15(3)10-11-17(18)14-19-20(24)22-21(30-19)23-12-8-7-9-16(23)4/h10-11,13-14H,4-9,12H2,1-3H3/b19-14-. The quantitative estimate of drug-likeness (QED) is 0.399. The molecule has 0 bridgehead atoms. The number of piperidine rings is 1. The fourth-order valence-corrected chi connectivity index (χ4v) is 5.33. The Morgan fingerprint density at radius 2 is 2.00 bits per heavy atom. The van der Waals surface area contributed by atoms with Crippen molar-refractivity contribution in [3.05, 3.63) is 46.5 Å². The highest BCUT2D eigenvalue weighted by Crippen LogP contribution is 2.50. The zero-order valence-corrected chi connectivity index (χ0v) is 19.3. The lowest BCUT2D eigenvalue weighted by atomic mass is 10.1. The first-order chi connectivity index (χ1) is 14.3. The third-order valence-electron chi connectivity index (χ3n) is 4.56. The molecule has 7 nitrogen and oxygen atoms in total. The number of hydrogen-bond acceptors (Lipinski definition) is 7. The van der Waals surface area contributed by atoms with Gasteiger partial charge in [-0.05, 0) is 69.5 Å². The molecule has 1 aromatic rings. The second kappa shape index (κ2) is 9.96. The van der Waals surface area contributed by atoms with E-state index in [-0.39, 0.29) is 19.1 Å². The molecule has 0 radical (unpaired) electrons. The van der Waals surface area contributed by atoms with Crippen LogP contribution in [0.1, 0.15) is 44.2 Å². The maximum atomic E-state index is 12.8. The molecule has 9 heteroatoms. The summed E-state index contributed by atoms with van der Waals surface area (Å²) in [5, 5.41) is 0.653. The van der Waals surface area contributed by atoms with E-state index >= 15 is 0 Å². The van der Waals surface area contributed by atoms with Gasteiger partial charge < -0.3 is 9.42 Å². The Morgan fingerprint density at radius 1 is 1.27 bits per heavy atom. The molecule has 3 rings (SSSR count). The third-order valence-corrected chi connectivity index (χ3v) is 7.13. The summed E-state index contributed by atoms with van der Waals surface area (Å²) in [6.07, 6.45) is 4.76. The van der Waals surface area contributed by atoms with E-state index in [4.69, 9.17) is 13.6 Å². The van der Waals surface area contributed by atoms with E-state index in [0.717, 1.165) is 37.1 Å².